The van der Waals surface area contributed by atoms with Crippen LogP contribution in [0.1, 0.15) is 31.2 Å². The second-order valence-corrected chi connectivity index (χ2v) is 7.37. The summed E-state index contributed by atoms with van der Waals surface area (Å²) in [7, 11) is 0. The summed E-state index contributed by atoms with van der Waals surface area (Å²) in [6.45, 7) is 4.54. The van der Waals surface area contributed by atoms with Gasteiger partial charge in [-0.2, -0.15) is 0 Å². The zero-order valence-corrected chi connectivity index (χ0v) is 16.6. The van der Waals surface area contributed by atoms with Gasteiger partial charge in [0.15, 0.2) is 0 Å². The molecule has 1 aromatic heterocycles. The summed E-state index contributed by atoms with van der Waals surface area (Å²) in [5.74, 6) is -0.671. The van der Waals surface area contributed by atoms with Crippen LogP contribution in [0.2, 0.25) is 0 Å². The fraction of sp³-hybridized carbons (Fsp3) is 0.130. The number of thiophene rings is 1. The van der Waals surface area contributed by atoms with E-state index in [-0.39, 0.29) is 24.2 Å². The maximum Gasteiger partial charge on any atom is 0.261 e. The second-order valence-electron chi connectivity index (χ2n) is 6.42. The molecule has 0 fully saturated rings. The summed E-state index contributed by atoms with van der Waals surface area (Å²) in [6.07, 6.45) is 1.62. The minimum atomic E-state index is -0.341. The van der Waals surface area contributed by atoms with E-state index in [9.17, 15) is 14.0 Å². The van der Waals surface area contributed by atoms with Gasteiger partial charge in [-0.1, -0.05) is 42.5 Å². The van der Waals surface area contributed by atoms with Crippen molar-refractivity contribution in [2.45, 2.75) is 13.1 Å². The summed E-state index contributed by atoms with van der Waals surface area (Å²) in [4.78, 5) is 27.1. The fourth-order valence-corrected chi connectivity index (χ4v) is 3.47. The molecule has 0 aliphatic heterocycles. The summed E-state index contributed by atoms with van der Waals surface area (Å²) in [5, 5.41) is 4.71. The molecule has 0 unspecified atom stereocenters. The predicted molar refractivity (Wildman–Crippen MR) is 113 cm³/mol. The molecule has 0 spiro atoms. The number of halogens is 1. The smallest absolute Gasteiger partial charge is 0.261 e. The lowest BCUT2D eigenvalue weighted by Crippen LogP contribution is -2.31. The highest BCUT2D eigenvalue weighted by Gasteiger charge is 2.16. The molecule has 0 saturated heterocycles. The monoisotopic (exact) mass is 408 g/mol. The molecule has 4 nitrogen and oxygen atoms in total. The Kier molecular flexibility index (Phi) is 6.92. The number of benzene rings is 2. The Hall–Kier alpha value is -3.25. The average molecular weight is 408 g/mol. The lowest BCUT2D eigenvalue weighted by Gasteiger charge is -2.22. The third-order valence-electron chi connectivity index (χ3n) is 4.35. The van der Waals surface area contributed by atoms with Gasteiger partial charge in [0.2, 0.25) is 0 Å². The highest BCUT2D eigenvalue weighted by Crippen LogP contribution is 2.14. The Labute approximate surface area is 173 Å². The van der Waals surface area contributed by atoms with E-state index in [0.717, 1.165) is 5.56 Å². The van der Waals surface area contributed by atoms with E-state index in [2.05, 4.69) is 11.9 Å². The van der Waals surface area contributed by atoms with Gasteiger partial charge in [0.25, 0.3) is 11.8 Å². The molecule has 0 bridgehead atoms. The van der Waals surface area contributed by atoms with Crippen molar-refractivity contribution in [2.75, 3.05) is 6.54 Å². The summed E-state index contributed by atoms with van der Waals surface area (Å²) in [6, 6.07) is 17.0. The van der Waals surface area contributed by atoms with Crippen molar-refractivity contribution in [3.63, 3.8) is 0 Å². The van der Waals surface area contributed by atoms with Gasteiger partial charge in [-0.05, 0) is 35.2 Å². The SMILES string of the molecule is C=CCN(Cc1ccccc1F)C(=O)c1ccc(CNC(=O)c2cccs2)cc1. The number of nitrogens with one attached hydrogen (secondary N) is 1. The van der Waals surface area contributed by atoms with Gasteiger partial charge in [-0.15, -0.1) is 17.9 Å². The van der Waals surface area contributed by atoms with Gasteiger partial charge >= 0.3 is 0 Å². The molecule has 2 amide bonds. The highest BCUT2D eigenvalue weighted by atomic mass is 32.1. The van der Waals surface area contributed by atoms with Gasteiger partial charge in [0.05, 0.1) is 4.88 Å². The van der Waals surface area contributed by atoms with Crippen LogP contribution in [0.15, 0.2) is 78.7 Å². The van der Waals surface area contributed by atoms with Crippen molar-refractivity contribution >= 4 is 23.2 Å². The molecule has 2 aromatic carbocycles. The van der Waals surface area contributed by atoms with Gasteiger partial charge < -0.3 is 10.2 Å². The van der Waals surface area contributed by atoms with Crippen molar-refractivity contribution in [1.82, 2.24) is 10.2 Å². The van der Waals surface area contributed by atoms with E-state index in [0.29, 0.717) is 29.1 Å². The van der Waals surface area contributed by atoms with E-state index in [1.54, 1.807) is 59.5 Å². The molecule has 3 rings (SSSR count). The topological polar surface area (TPSA) is 49.4 Å². The zero-order chi connectivity index (χ0) is 20.6. The molecule has 3 aromatic rings. The number of carbonyl (C=O) groups is 2. The number of hydrogen-bond donors (Lipinski definition) is 1. The van der Waals surface area contributed by atoms with Crippen LogP contribution in [0.25, 0.3) is 0 Å². The van der Waals surface area contributed by atoms with Crippen molar-refractivity contribution in [3.05, 3.63) is 106 Å². The van der Waals surface area contributed by atoms with Crippen molar-refractivity contribution in [2.24, 2.45) is 0 Å². The molecule has 6 heteroatoms. The van der Waals surface area contributed by atoms with Gasteiger partial charge in [-0.25, -0.2) is 4.39 Å². The Morgan fingerprint density at radius 3 is 2.48 bits per heavy atom. The average Bonchev–Trinajstić information content (AvgIpc) is 3.28. The molecular weight excluding hydrogens is 387 g/mol. The summed E-state index contributed by atoms with van der Waals surface area (Å²) >= 11 is 1.38. The lowest BCUT2D eigenvalue weighted by molar-refractivity contribution is 0.0761. The lowest BCUT2D eigenvalue weighted by atomic mass is 10.1. The number of hydrogen-bond acceptors (Lipinski definition) is 3. The second kappa shape index (κ2) is 9.80. The standard InChI is InChI=1S/C23H21FN2O2S/c1-2-13-26(16-19-6-3-4-7-20(19)24)23(28)18-11-9-17(10-12-18)15-25-22(27)21-8-5-14-29-21/h2-12,14H,1,13,15-16H2,(H,25,27). The highest BCUT2D eigenvalue weighted by molar-refractivity contribution is 7.12. The van der Waals surface area contributed by atoms with Crippen LogP contribution in [0.5, 0.6) is 0 Å². The first-order chi connectivity index (χ1) is 14.1. The molecule has 1 N–H and O–H groups in total. The van der Waals surface area contributed by atoms with E-state index < -0.39 is 0 Å². The first-order valence-corrected chi connectivity index (χ1v) is 10.0. The van der Waals surface area contributed by atoms with Crippen LogP contribution in [0.3, 0.4) is 0 Å². The van der Waals surface area contributed by atoms with Gasteiger partial charge in [0.1, 0.15) is 5.82 Å². The van der Waals surface area contributed by atoms with E-state index in [4.69, 9.17) is 0 Å². The summed E-state index contributed by atoms with van der Waals surface area (Å²) < 4.78 is 14.0. The molecule has 0 radical (unpaired) electrons. The van der Waals surface area contributed by atoms with Crippen LogP contribution in [0, 0.1) is 5.82 Å². The third kappa shape index (κ3) is 5.39. The minimum absolute atomic E-state index is 0.123. The quantitative estimate of drug-likeness (QED) is 0.552. The number of rotatable bonds is 8. The van der Waals surface area contributed by atoms with Crippen LogP contribution in [0.4, 0.5) is 4.39 Å². The predicted octanol–water partition coefficient (Wildman–Crippen LogP) is 4.65. The first kappa shape index (κ1) is 20.5. The van der Waals surface area contributed by atoms with Gasteiger partial charge in [0, 0.05) is 30.8 Å². The number of amides is 2. The molecule has 1 heterocycles. The molecule has 0 aliphatic rings. The number of nitrogens with zero attached hydrogens (tertiary/aromatic N) is 1. The maximum absolute atomic E-state index is 14.0. The maximum atomic E-state index is 14.0. The van der Waals surface area contributed by atoms with Crippen LogP contribution >= 0.6 is 11.3 Å². The van der Waals surface area contributed by atoms with Crippen LogP contribution < -0.4 is 5.32 Å². The van der Waals surface area contributed by atoms with Crippen LogP contribution in [-0.2, 0) is 13.1 Å². The Balaban J connectivity index is 1.65. The van der Waals surface area contributed by atoms with E-state index >= 15 is 0 Å². The largest absolute Gasteiger partial charge is 0.347 e. The van der Waals surface area contributed by atoms with Gasteiger partial charge in [-0.3, -0.25) is 9.59 Å². The molecule has 148 valence electrons. The van der Waals surface area contributed by atoms with Crippen molar-refractivity contribution in [3.8, 4) is 0 Å². The van der Waals surface area contributed by atoms with E-state index in [1.807, 2.05) is 11.4 Å². The molecule has 0 atom stereocenters. The Morgan fingerprint density at radius 1 is 1.07 bits per heavy atom. The molecule has 0 aliphatic carbocycles. The minimum Gasteiger partial charge on any atom is -0.347 e. The molecule has 0 saturated carbocycles. The van der Waals surface area contributed by atoms with E-state index in [1.165, 1.54) is 17.4 Å². The number of carbonyl (C=O) groups excluding carboxylic acids is 2. The molecular formula is C23H21FN2O2S. The third-order valence-corrected chi connectivity index (χ3v) is 5.22. The van der Waals surface area contributed by atoms with Crippen molar-refractivity contribution < 1.29 is 14.0 Å². The normalized spacial score (nSPS) is 10.4. The Morgan fingerprint density at radius 2 is 1.83 bits per heavy atom. The Bertz CT molecular complexity index is 984. The zero-order valence-electron chi connectivity index (χ0n) is 15.8. The summed E-state index contributed by atoms with van der Waals surface area (Å²) in [5.41, 5.74) is 1.84. The first-order valence-electron chi connectivity index (χ1n) is 9.12. The van der Waals surface area contributed by atoms with Crippen LogP contribution in [-0.4, -0.2) is 23.3 Å². The van der Waals surface area contributed by atoms with Crippen molar-refractivity contribution in [1.29, 1.82) is 0 Å². The fourth-order valence-electron chi connectivity index (χ4n) is 2.83. The molecule has 29 heavy (non-hydrogen) atoms.